The Labute approximate surface area is 258 Å². The lowest BCUT2D eigenvalue weighted by Crippen LogP contribution is -2.51. The molecule has 0 bridgehead atoms. The lowest BCUT2D eigenvalue weighted by atomic mass is 9.94. The van der Waals surface area contributed by atoms with Crippen molar-refractivity contribution in [2.75, 3.05) is 44.2 Å². The van der Waals surface area contributed by atoms with E-state index in [-0.39, 0.29) is 34.6 Å². The van der Waals surface area contributed by atoms with Crippen LogP contribution in [0, 0.1) is 11.6 Å². The molecule has 9 heteroatoms. The van der Waals surface area contributed by atoms with Crippen molar-refractivity contribution >= 4 is 27.5 Å². The number of nitrogens with zero attached hydrogens (tertiary/aromatic N) is 5. The van der Waals surface area contributed by atoms with Gasteiger partial charge in [-0.3, -0.25) is 4.90 Å². The molecule has 3 fully saturated rings. The third-order valence-corrected chi connectivity index (χ3v) is 10.1. The third kappa shape index (κ3) is 4.70. The van der Waals surface area contributed by atoms with Crippen LogP contribution >= 0.6 is 0 Å². The zero-order valence-corrected chi connectivity index (χ0v) is 26.1. The SMILES string of the molecule is CC.CCc1c(F)ccc2cccc(-c3nc4c5c(nc(OCC67CCCN6CCC7)nc5c3F)N3CCNCC3CC4)c12. The van der Waals surface area contributed by atoms with Gasteiger partial charge in [0.05, 0.1) is 16.6 Å². The first kappa shape index (κ1) is 29.3. The number of aromatic nitrogens is 3. The number of fused-ring (bicyclic) bond motifs is 4. The number of pyridine rings is 1. The van der Waals surface area contributed by atoms with Crippen LogP contribution in [0.4, 0.5) is 14.6 Å². The van der Waals surface area contributed by atoms with Crippen molar-refractivity contribution in [2.45, 2.75) is 77.3 Å². The highest BCUT2D eigenvalue weighted by atomic mass is 19.1. The summed E-state index contributed by atoms with van der Waals surface area (Å²) in [4.78, 5) is 19.6. The van der Waals surface area contributed by atoms with Gasteiger partial charge in [0.2, 0.25) is 0 Å². The molecule has 4 aliphatic heterocycles. The number of hydrogen-bond donors (Lipinski definition) is 1. The normalized spacial score (nSPS) is 20.7. The van der Waals surface area contributed by atoms with Crippen LogP contribution in [0.5, 0.6) is 6.01 Å². The van der Waals surface area contributed by atoms with Crippen LogP contribution in [0.3, 0.4) is 0 Å². The van der Waals surface area contributed by atoms with Gasteiger partial charge in [-0.2, -0.15) is 9.97 Å². The number of piperazine rings is 1. The minimum absolute atomic E-state index is 0.0285. The van der Waals surface area contributed by atoms with E-state index in [0.717, 1.165) is 68.9 Å². The van der Waals surface area contributed by atoms with Gasteiger partial charge in [-0.15, -0.1) is 0 Å². The maximum Gasteiger partial charge on any atom is 0.319 e. The highest BCUT2D eigenvalue weighted by Gasteiger charge is 2.45. The lowest BCUT2D eigenvalue weighted by Gasteiger charge is -2.36. The molecule has 0 spiro atoms. The average molecular weight is 601 g/mol. The molecule has 1 N–H and O–H groups in total. The van der Waals surface area contributed by atoms with E-state index in [1.165, 1.54) is 18.9 Å². The zero-order valence-electron chi connectivity index (χ0n) is 26.1. The molecule has 1 unspecified atom stereocenters. The van der Waals surface area contributed by atoms with Crippen molar-refractivity contribution in [2.24, 2.45) is 0 Å². The largest absolute Gasteiger partial charge is 0.461 e. The van der Waals surface area contributed by atoms with E-state index in [1.807, 2.05) is 39.0 Å². The van der Waals surface area contributed by atoms with Gasteiger partial charge in [0.15, 0.2) is 5.82 Å². The van der Waals surface area contributed by atoms with Crippen molar-refractivity contribution < 1.29 is 13.5 Å². The molecule has 1 atom stereocenters. The van der Waals surface area contributed by atoms with Gasteiger partial charge in [-0.05, 0) is 80.4 Å². The van der Waals surface area contributed by atoms with Crippen LogP contribution in [0.25, 0.3) is 32.9 Å². The van der Waals surface area contributed by atoms with Crippen molar-refractivity contribution in [1.29, 1.82) is 0 Å². The van der Waals surface area contributed by atoms with Crippen LogP contribution in [0.15, 0.2) is 30.3 Å². The summed E-state index contributed by atoms with van der Waals surface area (Å²) in [5.74, 6) is -0.0674. The van der Waals surface area contributed by atoms with Gasteiger partial charge in [0.1, 0.15) is 29.5 Å². The molecule has 3 saturated heterocycles. The summed E-state index contributed by atoms with van der Waals surface area (Å²) < 4.78 is 38.3. The van der Waals surface area contributed by atoms with Crippen LogP contribution in [0.1, 0.15) is 64.1 Å². The second kappa shape index (κ2) is 11.8. The predicted molar refractivity (Wildman–Crippen MR) is 172 cm³/mol. The first-order valence-corrected chi connectivity index (χ1v) is 16.5. The van der Waals surface area contributed by atoms with Crippen LogP contribution < -0.4 is 15.0 Å². The van der Waals surface area contributed by atoms with Gasteiger partial charge in [-0.1, -0.05) is 45.0 Å². The predicted octanol–water partition coefficient (Wildman–Crippen LogP) is 6.44. The Balaban J connectivity index is 0.00000153. The minimum atomic E-state index is -0.504. The molecule has 4 aliphatic rings. The second-order valence-corrected chi connectivity index (χ2v) is 12.4. The molecule has 4 aromatic rings. The number of ether oxygens (including phenoxy) is 1. The molecule has 2 aromatic heterocycles. The fraction of sp³-hybridized carbons (Fsp3) is 0.514. The van der Waals surface area contributed by atoms with Gasteiger partial charge >= 0.3 is 6.01 Å². The van der Waals surface area contributed by atoms with E-state index in [9.17, 15) is 4.39 Å². The standard InChI is InChI=1S/C33H36F2N6O.C2H6/c1-2-22-24(34)10-8-20-6-3-7-23(26(20)22)29-28(35)30-27-25(37-29)11-9-21-18-36-14-17-41(21)31(27)39-32(38-30)42-19-33-12-4-15-40(33)16-5-13-33;1-2/h3,6-8,10,21,36H,2,4-5,9,11-19H2,1H3;1-2H3. The summed E-state index contributed by atoms with van der Waals surface area (Å²) in [7, 11) is 0. The Kier molecular flexibility index (Phi) is 7.87. The Hall–Kier alpha value is -3.43. The molecule has 232 valence electrons. The van der Waals surface area contributed by atoms with Gasteiger partial charge in [0, 0.05) is 31.2 Å². The summed E-state index contributed by atoms with van der Waals surface area (Å²) >= 11 is 0. The Morgan fingerprint density at radius 3 is 2.61 bits per heavy atom. The molecule has 8 rings (SSSR count). The monoisotopic (exact) mass is 600 g/mol. The molecular formula is C35H42F2N6O. The third-order valence-electron chi connectivity index (χ3n) is 10.1. The molecule has 7 nitrogen and oxygen atoms in total. The first-order chi connectivity index (χ1) is 21.6. The van der Waals surface area contributed by atoms with E-state index in [2.05, 4.69) is 15.1 Å². The molecular weight excluding hydrogens is 558 g/mol. The van der Waals surface area contributed by atoms with Crippen LogP contribution in [-0.4, -0.2) is 70.8 Å². The Morgan fingerprint density at radius 2 is 1.82 bits per heavy atom. The summed E-state index contributed by atoms with van der Waals surface area (Å²) in [5.41, 5.74) is 2.45. The number of benzene rings is 2. The molecule has 44 heavy (non-hydrogen) atoms. The fourth-order valence-corrected chi connectivity index (χ4v) is 8.07. The van der Waals surface area contributed by atoms with E-state index in [1.54, 1.807) is 6.07 Å². The van der Waals surface area contributed by atoms with E-state index >= 15 is 4.39 Å². The molecule has 6 heterocycles. The Bertz CT molecular complexity index is 1700. The second-order valence-electron chi connectivity index (χ2n) is 12.4. The zero-order chi connectivity index (χ0) is 30.4. The topological polar surface area (TPSA) is 66.4 Å². The number of aryl methyl sites for hydroxylation is 2. The van der Waals surface area contributed by atoms with E-state index in [4.69, 9.17) is 19.7 Å². The van der Waals surface area contributed by atoms with Gasteiger partial charge in [0.25, 0.3) is 0 Å². The number of hydrogen-bond acceptors (Lipinski definition) is 7. The smallest absolute Gasteiger partial charge is 0.319 e. The van der Waals surface area contributed by atoms with E-state index < -0.39 is 5.82 Å². The number of rotatable bonds is 5. The first-order valence-electron chi connectivity index (χ1n) is 16.5. The summed E-state index contributed by atoms with van der Waals surface area (Å²) in [6.07, 6.45) is 6.61. The quantitative estimate of drug-likeness (QED) is 0.283. The lowest BCUT2D eigenvalue weighted by molar-refractivity contribution is 0.108. The highest BCUT2D eigenvalue weighted by Crippen LogP contribution is 2.42. The maximum absolute atomic E-state index is 16.9. The summed E-state index contributed by atoms with van der Waals surface area (Å²) in [6.45, 7) is 11.1. The molecule has 0 aliphatic carbocycles. The van der Waals surface area contributed by atoms with Crippen molar-refractivity contribution in [1.82, 2.24) is 25.2 Å². The minimum Gasteiger partial charge on any atom is -0.461 e. The molecule has 0 amide bonds. The molecule has 0 radical (unpaired) electrons. The Morgan fingerprint density at radius 1 is 1.00 bits per heavy atom. The summed E-state index contributed by atoms with van der Waals surface area (Å²) in [5, 5.41) is 5.76. The number of anilines is 1. The molecule has 2 aromatic carbocycles. The van der Waals surface area contributed by atoms with Crippen LogP contribution in [-0.2, 0) is 12.8 Å². The van der Waals surface area contributed by atoms with Crippen molar-refractivity contribution in [3.63, 3.8) is 0 Å². The number of halogens is 2. The van der Waals surface area contributed by atoms with Crippen molar-refractivity contribution in [3.05, 3.63) is 53.2 Å². The fourth-order valence-electron chi connectivity index (χ4n) is 8.07. The van der Waals surface area contributed by atoms with Crippen LogP contribution in [0.2, 0.25) is 0 Å². The highest BCUT2D eigenvalue weighted by molar-refractivity contribution is 6.01. The average Bonchev–Trinajstić information content (AvgIpc) is 3.60. The summed E-state index contributed by atoms with van der Waals surface area (Å²) in [6, 6.07) is 9.38. The maximum atomic E-state index is 16.9. The van der Waals surface area contributed by atoms with Crippen molar-refractivity contribution in [3.8, 4) is 17.3 Å². The molecule has 0 saturated carbocycles. The number of nitrogens with one attached hydrogen (secondary N) is 1. The van der Waals surface area contributed by atoms with Gasteiger partial charge in [-0.25, -0.2) is 13.8 Å². The van der Waals surface area contributed by atoms with Gasteiger partial charge < -0.3 is 15.0 Å². The van der Waals surface area contributed by atoms with E-state index in [0.29, 0.717) is 41.3 Å².